The van der Waals surface area contributed by atoms with Crippen LogP contribution in [-0.4, -0.2) is 22.9 Å². The molecule has 1 aliphatic rings. The number of halogens is 1. The van der Waals surface area contributed by atoms with E-state index in [1.54, 1.807) is 0 Å². The average molecular weight is 270 g/mol. The van der Waals surface area contributed by atoms with Gasteiger partial charge in [-0.1, -0.05) is 22.6 Å². The summed E-state index contributed by atoms with van der Waals surface area (Å²) in [5.74, 6) is -0.352. The Kier molecular flexibility index (Phi) is 3.58. The first-order chi connectivity index (χ1) is 5.14. The second kappa shape index (κ2) is 4.05. The number of hydrogen-bond acceptors (Lipinski definition) is 2. The molecule has 1 aliphatic heterocycles. The zero-order chi connectivity index (χ0) is 8.32. The molecule has 1 fully saturated rings. The van der Waals surface area contributed by atoms with Gasteiger partial charge in [-0.3, -0.25) is 0 Å². The van der Waals surface area contributed by atoms with Gasteiger partial charge in [0.15, 0.2) is 5.79 Å². The normalized spacial score (nSPS) is 30.3. The summed E-state index contributed by atoms with van der Waals surface area (Å²) in [6.45, 7) is 4.80. The molecule has 0 aliphatic carbocycles. The molecule has 11 heavy (non-hydrogen) atoms. The van der Waals surface area contributed by atoms with E-state index in [1.807, 2.05) is 13.8 Å². The molecule has 1 heterocycles. The molecule has 0 bridgehead atoms. The Bertz CT molecular complexity index is 123. The molecule has 0 aromatic rings. The lowest BCUT2D eigenvalue weighted by molar-refractivity contribution is -0.272. The standard InChI is InChI=1S/C8H15IO2/c1-8(2)10-6-4-7(11-8)3-5-9/h7H,3-6H2,1-2H3. The van der Waals surface area contributed by atoms with Gasteiger partial charge in [0, 0.05) is 4.43 Å². The zero-order valence-corrected chi connectivity index (χ0v) is 9.26. The summed E-state index contributed by atoms with van der Waals surface area (Å²) >= 11 is 2.38. The molecule has 1 unspecified atom stereocenters. The van der Waals surface area contributed by atoms with Crippen LogP contribution in [0.2, 0.25) is 0 Å². The van der Waals surface area contributed by atoms with Crippen molar-refractivity contribution in [2.75, 3.05) is 11.0 Å². The third kappa shape index (κ3) is 3.25. The van der Waals surface area contributed by atoms with Crippen molar-refractivity contribution >= 4 is 22.6 Å². The SMILES string of the molecule is CC1(C)OCCC(CCI)O1. The average Bonchev–Trinajstić information content (AvgIpc) is 1.85. The van der Waals surface area contributed by atoms with Gasteiger partial charge in [-0.25, -0.2) is 0 Å². The third-order valence-corrected chi connectivity index (χ3v) is 2.39. The van der Waals surface area contributed by atoms with Gasteiger partial charge in [-0.15, -0.1) is 0 Å². The Morgan fingerprint density at radius 1 is 1.55 bits per heavy atom. The van der Waals surface area contributed by atoms with Crippen LogP contribution in [0.4, 0.5) is 0 Å². The maximum Gasteiger partial charge on any atom is 0.163 e. The highest BCUT2D eigenvalue weighted by Crippen LogP contribution is 2.23. The van der Waals surface area contributed by atoms with Gasteiger partial charge in [-0.05, 0) is 26.7 Å². The Morgan fingerprint density at radius 2 is 2.27 bits per heavy atom. The van der Waals surface area contributed by atoms with Crippen LogP contribution in [0.5, 0.6) is 0 Å². The van der Waals surface area contributed by atoms with E-state index in [9.17, 15) is 0 Å². The molecule has 1 rings (SSSR count). The third-order valence-electron chi connectivity index (χ3n) is 1.77. The minimum atomic E-state index is -0.352. The summed E-state index contributed by atoms with van der Waals surface area (Å²) < 4.78 is 12.3. The van der Waals surface area contributed by atoms with Crippen LogP contribution in [-0.2, 0) is 9.47 Å². The Labute approximate surface area is 81.8 Å². The van der Waals surface area contributed by atoms with Gasteiger partial charge in [0.25, 0.3) is 0 Å². The number of alkyl halides is 1. The van der Waals surface area contributed by atoms with Crippen molar-refractivity contribution in [3.05, 3.63) is 0 Å². The van der Waals surface area contributed by atoms with Crippen molar-refractivity contribution in [3.63, 3.8) is 0 Å². The van der Waals surface area contributed by atoms with E-state index >= 15 is 0 Å². The molecule has 0 aromatic heterocycles. The molecular formula is C8H15IO2. The predicted molar refractivity (Wildman–Crippen MR) is 53.0 cm³/mol. The predicted octanol–water partition coefficient (Wildman–Crippen LogP) is 2.35. The quantitative estimate of drug-likeness (QED) is 0.566. The van der Waals surface area contributed by atoms with E-state index in [-0.39, 0.29) is 5.79 Å². The highest BCUT2D eigenvalue weighted by atomic mass is 127. The highest BCUT2D eigenvalue weighted by Gasteiger charge is 2.28. The molecule has 2 nitrogen and oxygen atoms in total. The molecular weight excluding hydrogens is 255 g/mol. The second-order valence-corrected chi connectivity index (χ2v) is 4.33. The van der Waals surface area contributed by atoms with Gasteiger partial charge >= 0.3 is 0 Å². The van der Waals surface area contributed by atoms with Gasteiger partial charge in [0.05, 0.1) is 12.7 Å². The monoisotopic (exact) mass is 270 g/mol. The first-order valence-electron chi connectivity index (χ1n) is 4.02. The topological polar surface area (TPSA) is 18.5 Å². The molecule has 1 atom stereocenters. The highest BCUT2D eigenvalue weighted by molar-refractivity contribution is 14.1. The molecule has 1 saturated heterocycles. The van der Waals surface area contributed by atoms with Gasteiger partial charge < -0.3 is 9.47 Å². The first-order valence-corrected chi connectivity index (χ1v) is 5.54. The van der Waals surface area contributed by atoms with E-state index in [1.165, 1.54) is 4.43 Å². The lowest BCUT2D eigenvalue weighted by Crippen LogP contribution is -2.39. The van der Waals surface area contributed by atoms with Gasteiger partial charge in [0.1, 0.15) is 0 Å². The lowest BCUT2D eigenvalue weighted by Gasteiger charge is -2.35. The van der Waals surface area contributed by atoms with Crippen LogP contribution in [0.25, 0.3) is 0 Å². The molecule has 0 radical (unpaired) electrons. The van der Waals surface area contributed by atoms with E-state index in [2.05, 4.69) is 22.6 Å². The van der Waals surface area contributed by atoms with Crippen LogP contribution in [0, 0.1) is 0 Å². The summed E-state index contributed by atoms with van der Waals surface area (Å²) in [6.07, 6.45) is 2.61. The van der Waals surface area contributed by atoms with E-state index in [0.29, 0.717) is 6.10 Å². The fourth-order valence-corrected chi connectivity index (χ4v) is 1.95. The molecule has 0 amide bonds. The molecule has 0 N–H and O–H groups in total. The van der Waals surface area contributed by atoms with Crippen molar-refractivity contribution in [1.29, 1.82) is 0 Å². The smallest absolute Gasteiger partial charge is 0.163 e. The fourth-order valence-electron chi connectivity index (χ4n) is 1.26. The number of rotatable bonds is 2. The Balaban J connectivity index is 2.34. The number of hydrogen-bond donors (Lipinski definition) is 0. The van der Waals surface area contributed by atoms with E-state index in [4.69, 9.17) is 9.47 Å². The molecule has 66 valence electrons. The van der Waals surface area contributed by atoms with Crippen molar-refractivity contribution in [3.8, 4) is 0 Å². The van der Waals surface area contributed by atoms with Crippen molar-refractivity contribution in [2.24, 2.45) is 0 Å². The zero-order valence-electron chi connectivity index (χ0n) is 7.10. The van der Waals surface area contributed by atoms with Crippen LogP contribution in [0.15, 0.2) is 0 Å². The number of ether oxygens (including phenoxy) is 2. The van der Waals surface area contributed by atoms with Gasteiger partial charge in [0.2, 0.25) is 0 Å². The van der Waals surface area contributed by atoms with E-state index < -0.39 is 0 Å². The van der Waals surface area contributed by atoms with Crippen LogP contribution in [0.1, 0.15) is 26.7 Å². The van der Waals surface area contributed by atoms with Crippen molar-refractivity contribution < 1.29 is 9.47 Å². The molecule has 0 spiro atoms. The van der Waals surface area contributed by atoms with Crippen LogP contribution >= 0.6 is 22.6 Å². The Hall–Kier alpha value is 0.650. The summed E-state index contributed by atoms with van der Waals surface area (Å²) in [5, 5.41) is 0. The Morgan fingerprint density at radius 3 is 2.82 bits per heavy atom. The summed E-state index contributed by atoms with van der Waals surface area (Å²) in [5.41, 5.74) is 0. The van der Waals surface area contributed by atoms with Crippen LogP contribution in [0.3, 0.4) is 0 Å². The van der Waals surface area contributed by atoms with Gasteiger partial charge in [-0.2, -0.15) is 0 Å². The molecule has 0 saturated carbocycles. The summed E-state index contributed by atoms with van der Waals surface area (Å²) in [6, 6.07) is 0. The second-order valence-electron chi connectivity index (χ2n) is 3.25. The summed E-state index contributed by atoms with van der Waals surface area (Å²) in [7, 11) is 0. The largest absolute Gasteiger partial charge is 0.350 e. The van der Waals surface area contributed by atoms with E-state index in [0.717, 1.165) is 19.4 Å². The van der Waals surface area contributed by atoms with Crippen molar-refractivity contribution in [2.45, 2.75) is 38.6 Å². The molecule has 3 heteroatoms. The first kappa shape index (κ1) is 9.74. The molecule has 0 aromatic carbocycles. The van der Waals surface area contributed by atoms with Crippen LogP contribution < -0.4 is 0 Å². The summed E-state index contributed by atoms with van der Waals surface area (Å²) in [4.78, 5) is 0. The maximum atomic E-state index is 5.69. The fraction of sp³-hybridized carbons (Fsp3) is 1.00. The lowest BCUT2D eigenvalue weighted by atomic mass is 10.1. The van der Waals surface area contributed by atoms with Crippen molar-refractivity contribution in [1.82, 2.24) is 0 Å². The minimum Gasteiger partial charge on any atom is -0.350 e. The maximum absolute atomic E-state index is 5.69. The minimum absolute atomic E-state index is 0.352.